The fourth-order valence-corrected chi connectivity index (χ4v) is 5.73. The molecule has 2 aliphatic heterocycles. The second-order valence-electron chi connectivity index (χ2n) is 11.3. The van der Waals surface area contributed by atoms with Crippen LogP contribution >= 0.6 is 0 Å². The van der Waals surface area contributed by atoms with E-state index in [1.54, 1.807) is 41.3 Å². The number of nitrogens with one attached hydrogen (secondary N) is 2. The Labute approximate surface area is 249 Å². The molecule has 0 aliphatic carbocycles. The van der Waals surface area contributed by atoms with E-state index in [0.29, 0.717) is 53.8 Å². The molecule has 230 valence electrons. The molecular formula is C32H38F3N5O3. The lowest BCUT2D eigenvalue weighted by Crippen LogP contribution is -2.40. The summed E-state index contributed by atoms with van der Waals surface area (Å²) in [6.07, 6.45) is -1.73. The Hall–Kier alpha value is -3.88. The van der Waals surface area contributed by atoms with Gasteiger partial charge in [0.2, 0.25) is 0 Å². The molecule has 0 spiro atoms. The summed E-state index contributed by atoms with van der Waals surface area (Å²) >= 11 is 0. The Kier molecular flexibility index (Phi) is 9.37. The number of likely N-dealkylation sites (tertiary alicyclic amines) is 2. The van der Waals surface area contributed by atoms with Crippen molar-refractivity contribution < 1.29 is 27.8 Å². The second-order valence-corrected chi connectivity index (χ2v) is 11.3. The fourth-order valence-electron chi connectivity index (χ4n) is 5.73. The first-order valence-electron chi connectivity index (χ1n) is 14.6. The minimum atomic E-state index is -4.40. The van der Waals surface area contributed by atoms with Crippen LogP contribution in [-0.4, -0.2) is 90.6 Å². The average Bonchev–Trinajstić information content (AvgIpc) is 3.33. The molecule has 1 amide bonds. The quantitative estimate of drug-likeness (QED) is 0.341. The predicted molar refractivity (Wildman–Crippen MR) is 162 cm³/mol. The Balaban J connectivity index is 1.32. The smallest absolute Gasteiger partial charge is 0.406 e. The molecule has 0 bridgehead atoms. The van der Waals surface area contributed by atoms with Crippen LogP contribution in [0.2, 0.25) is 0 Å². The number of ether oxygens (including phenoxy) is 1. The first kappa shape index (κ1) is 30.6. The van der Waals surface area contributed by atoms with Gasteiger partial charge in [0.1, 0.15) is 12.3 Å². The number of hydrogen-bond donors (Lipinski definition) is 3. The van der Waals surface area contributed by atoms with Crippen molar-refractivity contribution in [3.05, 3.63) is 53.7 Å². The zero-order valence-corrected chi connectivity index (χ0v) is 24.5. The third-order valence-electron chi connectivity index (χ3n) is 8.15. The number of aromatic nitrogens is 1. The van der Waals surface area contributed by atoms with Gasteiger partial charge in [-0.1, -0.05) is 12.0 Å². The van der Waals surface area contributed by atoms with Gasteiger partial charge in [-0.15, -0.1) is 0 Å². The number of aliphatic hydroxyl groups excluding tert-OH is 1. The van der Waals surface area contributed by atoms with Crippen molar-refractivity contribution in [2.45, 2.75) is 50.6 Å². The highest BCUT2D eigenvalue weighted by Gasteiger charge is 2.30. The number of piperidine rings is 2. The van der Waals surface area contributed by atoms with E-state index in [1.807, 2.05) is 6.07 Å². The van der Waals surface area contributed by atoms with Crippen LogP contribution in [0.4, 0.5) is 24.5 Å². The van der Waals surface area contributed by atoms with Gasteiger partial charge >= 0.3 is 6.18 Å². The summed E-state index contributed by atoms with van der Waals surface area (Å²) in [6, 6.07) is 12.5. The molecule has 0 atom stereocenters. The maximum Gasteiger partial charge on any atom is 0.406 e. The van der Waals surface area contributed by atoms with Crippen molar-refractivity contribution in [2.24, 2.45) is 0 Å². The molecule has 3 N–H and O–H groups in total. The van der Waals surface area contributed by atoms with E-state index in [2.05, 4.69) is 34.4 Å². The van der Waals surface area contributed by atoms with E-state index < -0.39 is 12.7 Å². The number of hydrogen-bond acceptors (Lipinski definition) is 6. The number of anilines is 2. The van der Waals surface area contributed by atoms with Gasteiger partial charge in [0.05, 0.1) is 36.7 Å². The van der Waals surface area contributed by atoms with Crippen molar-refractivity contribution in [2.75, 3.05) is 57.5 Å². The molecule has 43 heavy (non-hydrogen) atoms. The number of carbonyl (C=O) groups excluding carboxylic acids is 1. The molecule has 2 aromatic carbocycles. The molecule has 0 radical (unpaired) electrons. The number of carbonyl (C=O) groups is 1. The fraction of sp³-hybridized carbons (Fsp3) is 0.469. The van der Waals surface area contributed by atoms with Gasteiger partial charge in [0.25, 0.3) is 5.91 Å². The average molecular weight is 598 g/mol. The molecule has 2 fully saturated rings. The molecule has 2 aliphatic rings. The number of aliphatic hydroxyl groups is 1. The van der Waals surface area contributed by atoms with E-state index in [4.69, 9.17) is 4.74 Å². The second kappa shape index (κ2) is 13.2. The summed E-state index contributed by atoms with van der Waals surface area (Å²) in [6.45, 7) is 1.96. The van der Waals surface area contributed by atoms with Gasteiger partial charge in [-0.2, -0.15) is 13.2 Å². The zero-order valence-electron chi connectivity index (χ0n) is 24.5. The molecule has 0 saturated carbocycles. The number of halogens is 3. The zero-order chi connectivity index (χ0) is 30.6. The number of methoxy groups -OCH3 is 1. The molecule has 2 saturated heterocycles. The highest BCUT2D eigenvalue weighted by molar-refractivity contribution is 5.95. The third kappa shape index (κ3) is 7.56. The van der Waals surface area contributed by atoms with Crippen LogP contribution in [0.15, 0.2) is 42.5 Å². The number of amides is 1. The van der Waals surface area contributed by atoms with E-state index >= 15 is 0 Å². The number of alkyl halides is 3. The van der Waals surface area contributed by atoms with Crippen LogP contribution in [0.1, 0.15) is 41.7 Å². The van der Waals surface area contributed by atoms with Crippen LogP contribution in [0, 0.1) is 11.8 Å². The van der Waals surface area contributed by atoms with Crippen molar-refractivity contribution in [1.29, 1.82) is 0 Å². The summed E-state index contributed by atoms with van der Waals surface area (Å²) in [4.78, 5) is 16.9. The molecule has 11 heteroatoms. The first-order chi connectivity index (χ1) is 20.6. The van der Waals surface area contributed by atoms with Gasteiger partial charge in [-0.3, -0.25) is 4.79 Å². The molecule has 3 aromatic rings. The lowest BCUT2D eigenvalue weighted by Gasteiger charge is -2.30. The van der Waals surface area contributed by atoms with E-state index in [9.17, 15) is 23.1 Å². The molecule has 5 rings (SSSR count). The predicted octanol–water partition coefficient (Wildman–Crippen LogP) is 4.78. The number of fused-ring (bicyclic) bond motifs is 1. The van der Waals surface area contributed by atoms with E-state index in [1.165, 1.54) is 11.7 Å². The Morgan fingerprint density at radius 2 is 1.79 bits per heavy atom. The number of nitrogens with zero attached hydrogens (tertiary/aromatic N) is 3. The largest absolute Gasteiger partial charge is 0.495 e. The van der Waals surface area contributed by atoms with E-state index in [0.717, 1.165) is 31.6 Å². The van der Waals surface area contributed by atoms with Gasteiger partial charge < -0.3 is 34.8 Å². The third-order valence-corrected chi connectivity index (χ3v) is 8.15. The standard InChI is InChI=1S/C32H38F3N5O3/c1-38-15-10-23(11-16-38)37-27-6-3-7-29-26(27)20-24(40(29)21-32(33,34)35)5-4-14-36-28-9-8-22(19-30(28)43-2)31(42)39-17-12-25(41)13-18-39/h3,6-9,19-20,23,25,36-37,41H,10-18,21H2,1-2H3. The van der Waals surface area contributed by atoms with Crippen molar-refractivity contribution in [3.8, 4) is 17.6 Å². The van der Waals surface area contributed by atoms with E-state index in [-0.39, 0.29) is 30.3 Å². The van der Waals surface area contributed by atoms with Crippen LogP contribution in [0.5, 0.6) is 5.75 Å². The summed E-state index contributed by atoms with van der Waals surface area (Å²) in [7, 11) is 3.59. The highest BCUT2D eigenvalue weighted by Crippen LogP contribution is 2.31. The Morgan fingerprint density at radius 3 is 2.49 bits per heavy atom. The summed E-state index contributed by atoms with van der Waals surface area (Å²) in [5.74, 6) is 6.23. The van der Waals surface area contributed by atoms with Gasteiger partial charge in [-0.05, 0) is 88.1 Å². The summed E-state index contributed by atoms with van der Waals surface area (Å²) < 4.78 is 47.5. The molecule has 1 aromatic heterocycles. The SMILES string of the molecule is COc1cc(C(=O)N2CCC(O)CC2)ccc1NCC#Cc1cc2c(NC3CCN(C)CC3)cccc2n1CC(F)(F)F. The first-order valence-corrected chi connectivity index (χ1v) is 14.6. The van der Waals surface area contributed by atoms with Crippen LogP contribution in [0.25, 0.3) is 10.9 Å². The minimum absolute atomic E-state index is 0.126. The van der Waals surface area contributed by atoms with Crippen LogP contribution < -0.4 is 15.4 Å². The molecule has 3 heterocycles. The topological polar surface area (TPSA) is 82.0 Å². The lowest BCUT2D eigenvalue weighted by molar-refractivity contribution is -0.140. The van der Waals surface area contributed by atoms with Gasteiger partial charge in [-0.25, -0.2) is 0 Å². The lowest BCUT2D eigenvalue weighted by atomic mass is 10.0. The summed E-state index contributed by atoms with van der Waals surface area (Å²) in [5.41, 5.74) is 2.67. The van der Waals surface area contributed by atoms with Crippen molar-refractivity contribution >= 4 is 28.2 Å². The van der Waals surface area contributed by atoms with Crippen molar-refractivity contribution in [1.82, 2.24) is 14.4 Å². The van der Waals surface area contributed by atoms with Gasteiger partial charge in [0, 0.05) is 35.8 Å². The Bertz CT molecular complexity index is 1490. The van der Waals surface area contributed by atoms with Gasteiger partial charge in [0.15, 0.2) is 0 Å². The maximum absolute atomic E-state index is 13.6. The van der Waals surface area contributed by atoms with Crippen molar-refractivity contribution in [3.63, 3.8) is 0 Å². The number of rotatable bonds is 7. The monoisotopic (exact) mass is 597 g/mol. The highest BCUT2D eigenvalue weighted by atomic mass is 19.4. The van der Waals surface area contributed by atoms with Crippen LogP contribution in [0.3, 0.4) is 0 Å². The number of benzene rings is 2. The minimum Gasteiger partial charge on any atom is -0.495 e. The molecule has 0 unspecified atom stereocenters. The summed E-state index contributed by atoms with van der Waals surface area (Å²) in [5, 5.41) is 17.1. The maximum atomic E-state index is 13.6. The Morgan fingerprint density at radius 1 is 1.05 bits per heavy atom. The van der Waals surface area contributed by atoms with Crippen LogP contribution in [-0.2, 0) is 6.54 Å². The molecule has 8 nitrogen and oxygen atoms in total. The normalized spacial score (nSPS) is 17.0. The molecular weight excluding hydrogens is 559 g/mol.